The van der Waals surface area contributed by atoms with Gasteiger partial charge < -0.3 is 10.2 Å². The second kappa shape index (κ2) is 3.25. The van der Waals surface area contributed by atoms with Gasteiger partial charge in [0, 0.05) is 18.1 Å². The molecule has 0 aromatic carbocycles. The normalized spacial score (nSPS) is 39.5. The molecule has 0 aromatic heterocycles. The molecular weight excluding hydrogens is 160 g/mol. The smallest absolute Gasteiger partial charge is 0.0229 e. The Morgan fingerprint density at radius 1 is 1.15 bits per heavy atom. The highest BCUT2D eigenvalue weighted by Crippen LogP contribution is 2.28. The predicted molar refractivity (Wildman–Crippen MR) is 55.8 cm³/mol. The van der Waals surface area contributed by atoms with Gasteiger partial charge in [-0.25, -0.2) is 0 Å². The topological polar surface area (TPSA) is 15.3 Å². The summed E-state index contributed by atoms with van der Waals surface area (Å²) in [4.78, 5) is 2.60. The first-order valence-electron chi connectivity index (χ1n) is 5.55. The second-order valence-corrected chi connectivity index (χ2v) is 5.64. The summed E-state index contributed by atoms with van der Waals surface area (Å²) in [5, 5.41) is 3.75. The van der Waals surface area contributed by atoms with Crippen LogP contribution >= 0.6 is 0 Å². The molecule has 1 atom stereocenters. The highest BCUT2D eigenvalue weighted by Gasteiger charge is 2.35. The second-order valence-electron chi connectivity index (χ2n) is 5.64. The summed E-state index contributed by atoms with van der Waals surface area (Å²) in [7, 11) is 0. The van der Waals surface area contributed by atoms with Crippen LogP contribution in [0.5, 0.6) is 0 Å². The molecule has 76 valence electrons. The minimum Gasteiger partial charge on any atom is -0.308 e. The van der Waals surface area contributed by atoms with Crippen molar-refractivity contribution in [2.24, 2.45) is 5.92 Å². The minimum atomic E-state index is 0.281. The molecule has 0 spiro atoms. The van der Waals surface area contributed by atoms with Gasteiger partial charge in [0.05, 0.1) is 0 Å². The van der Waals surface area contributed by atoms with Crippen LogP contribution in [0, 0.1) is 5.92 Å². The van der Waals surface area contributed by atoms with Crippen LogP contribution in [0.2, 0.25) is 0 Å². The van der Waals surface area contributed by atoms with E-state index < -0.39 is 0 Å². The van der Waals surface area contributed by atoms with Crippen LogP contribution in [0.15, 0.2) is 0 Å². The van der Waals surface area contributed by atoms with E-state index in [2.05, 4.69) is 31.0 Å². The van der Waals surface area contributed by atoms with Gasteiger partial charge in [-0.15, -0.1) is 0 Å². The van der Waals surface area contributed by atoms with Crippen molar-refractivity contribution in [1.82, 2.24) is 10.2 Å². The number of nitrogens with zero attached hydrogens (tertiary/aromatic N) is 1. The summed E-state index contributed by atoms with van der Waals surface area (Å²) in [6.07, 6.45) is 2.82. The van der Waals surface area contributed by atoms with Crippen molar-refractivity contribution in [3.8, 4) is 0 Å². The fourth-order valence-electron chi connectivity index (χ4n) is 2.68. The van der Waals surface area contributed by atoms with Crippen LogP contribution in [-0.2, 0) is 0 Å². The summed E-state index contributed by atoms with van der Waals surface area (Å²) in [6, 6.07) is 0.752. The van der Waals surface area contributed by atoms with Crippen LogP contribution in [0.25, 0.3) is 0 Å². The van der Waals surface area contributed by atoms with E-state index >= 15 is 0 Å². The zero-order valence-corrected chi connectivity index (χ0v) is 9.14. The third-order valence-corrected chi connectivity index (χ3v) is 3.27. The van der Waals surface area contributed by atoms with Gasteiger partial charge >= 0.3 is 0 Å². The molecule has 0 aliphatic carbocycles. The number of fused-ring (bicyclic) bond motifs is 3. The summed E-state index contributed by atoms with van der Waals surface area (Å²) >= 11 is 0. The molecule has 3 aliphatic heterocycles. The van der Waals surface area contributed by atoms with Crippen molar-refractivity contribution in [3.63, 3.8) is 0 Å². The molecule has 1 N–H and O–H groups in total. The summed E-state index contributed by atoms with van der Waals surface area (Å²) in [6.45, 7) is 10.8. The van der Waals surface area contributed by atoms with E-state index in [0.29, 0.717) is 0 Å². The molecule has 2 nitrogen and oxygen atoms in total. The molecule has 0 aromatic rings. The Morgan fingerprint density at radius 3 is 2.15 bits per heavy atom. The fraction of sp³-hybridized carbons (Fsp3) is 1.00. The summed E-state index contributed by atoms with van der Waals surface area (Å²) in [5.74, 6) is 0.948. The monoisotopic (exact) mass is 182 g/mol. The highest BCUT2D eigenvalue weighted by atomic mass is 15.2. The van der Waals surface area contributed by atoms with Gasteiger partial charge in [-0.2, -0.15) is 0 Å². The van der Waals surface area contributed by atoms with Crippen LogP contribution in [0.3, 0.4) is 0 Å². The Kier molecular flexibility index (Phi) is 2.37. The largest absolute Gasteiger partial charge is 0.308 e. The van der Waals surface area contributed by atoms with Crippen molar-refractivity contribution in [2.75, 3.05) is 19.6 Å². The first-order chi connectivity index (χ1) is 6.04. The SMILES string of the molecule is CC(C)(C)NC1CN2CCC1CC2. The van der Waals surface area contributed by atoms with Gasteiger partial charge in [-0.1, -0.05) is 0 Å². The molecule has 0 amide bonds. The van der Waals surface area contributed by atoms with E-state index in [1.54, 1.807) is 0 Å². The maximum absolute atomic E-state index is 3.75. The molecule has 0 saturated carbocycles. The molecular formula is C11H22N2. The maximum atomic E-state index is 3.75. The number of hydrogen-bond acceptors (Lipinski definition) is 2. The van der Waals surface area contributed by atoms with Gasteiger partial charge in [-0.05, 0) is 52.6 Å². The third-order valence-electron chi connectivity index (χ3n) is 3.27. The fourth-order valence-corrected chi connectivity index (χ4v) is 2.68. The molecule has 3 heterocycles. The van der Waals surface area contributed by atoms with Gasteiger partial charge in [0.15, 0.2) is 0 Å². The standard InChI is InChI=1S/C11H22N2/c1-11(2,3)12-10-8-13-6-4-9(10)5-7-13/h9-10,12H,4-8H2,1-3H3. The van der Waals surface area contributed by atoms with Gasteiger partial charge in [0.25, 0.3) is 0 Å². The molecule has 3 aliphatic rings. The lowest BCUT2D eigenvalue weighted by Crippen LogP contribution is -2.59. The Labute approximate surface area is 81.7 Å². The van der Waals surface area contributed by atoms with E-state index in [4.69, 9.17) is 0 Å². The third kappa shape index (κ3) is 2.23. The van der Waals surface area contributed by atoms with Crippen molar-refractivity contribution in [1.29, 1.82) is 0 Å². The average molecular weight is 182 g/mol. The Hall–Kier alpha value is -0.0800. The lowest BCUT2D eigenvalue weighted by molar-refractivity contribution is 0.0608. The lowest BCUT2D eigenvalue weighted by atomic mass is 9.83. The van der Waals surface area contributed by atoms with E-state index in [9.17, 15) is 0 Å². The first kappa shape index (κ1) is 9.47. The first-order valence-corrected chi connectivity index (χ1v) is 5.55. The van der Waals surface area contributed by atoms with E-state index in [-0.39, 0.29) is 5.54 Å². The zero-order valence-electron chi connectivity index (χ0n) is 9.14. The van der Waals surface area contributed by atoms with Crippen molar-refractivity contribution >= 4 is 0 Å². The van der Waals surface area contributed by atoms with Gasteiger partial charge in [-0.3, -0.25) is 0 Å². The van der Waals surface area contributed by atoms with Crippen LogP contribution in [-0.4, -0.2) is 36.1 Å². The summed E-state index contributed by atoms with van der Waals surface area (Å²) in [5.41, 5.74) is 0.281. The number of hydrogen-bond donors (Lipinski definition) is 1. The molecule has 3 saturated heterocycles. The van der Waals surface area contributed by atoms with E-state index in [0.717, 1.165) is 12.0 Å². The predicted octanol–water partition coefficient (Wildman–Crippen LogP) is 1.47. The van der Waals surface area contributed by atoms with E-state index in [1.807, 2.05) is 0 Å². The number of nitrogens with one attached hydrogen (secondary N) is 1. The van der Waals surface area contributed by atoms with Gasteiger partial charge in [0.1, 0.15) is 0 Å². The Balaban J connectivity index is 1.94. The van der Waals surface area contributed by atoms with Crippen LogP contribution in [0.1, 0.15) is 33.6 Å². The molecule has 3 fully saturated rings. The zero-order chi connectivity index (χ0) is 9.47. The minimum absolute atomic E-state index is 0.281. The van der Waals surface area contributed by atoms with Crippen molar-refractivity contribution in [2.45, 2.75) is 45.2 Å². The maximum Gasteiger partial charge on any atom is 0.0229 e. The molecule has 0 radical (unpaired) electrons. The lowest BCUT2D eigenvalue weighted by Gasteiger charge is -2.47. The molecule has 1 unspecified atom stereocenters. The molecule has 2 heteroatoms. The Morgan fingerprint density at radius 2 is 1.77 bits per heavy atom. The van der Waals surface area contributed by atoms with Crippen LogP contribution in [0.4, 0.5) is 0 Å². The molecule has 13 heavy (non-hydrogen) atoms. The quantitative estimate of drug-likeness (QED) is 0.660. The van der Waals surface area contributed by atoms with E-state index in [1.165, 1.54) is 32.5 Å². The molecule has 3 rings (SSSR count). The van der Waals surface area contributed by atoms with Crippen LogP contribution < -0.4 is 5.32 Å². The number of rotatable bonds is 1. The Bertz CT molecular complexity index is 175. The highest BCUT2D eigenvalue weighted by molar-refractivity contribution is 4.93. The average Bonchev–Trinajstić information content (AvgIpc) is 2.03. The summed E-state index contributed by atoms with van der Waals surface area (Å²) < 4.78 is 0. The van der Waals surface area contributed by atoms with Crippen molar-refractivity contribution in [3.05, 3.63) is 0 Å². The van der Waals surface area contributed by atoms with Gasteiger partial charge in [0.2, 0.25) is 0 Å². The molecule has 2 bridgehead atoms. The number of piperidine rings is 3. The van der Waals surface area contributed by atoms with Crippen molar-refractivity contribution < 1.29 is 0 Å².